The van der Waals surface area contributed by atoms with Crippen LogP contribution in [-0.4, -0.2) is 10.2 Å². The minimum absolute atomic E-state index is 0.0728. The second kappa shape index (κ2) is 5.37. The molecule has 0 heterocycles. The summed E-state index contributed by atoms with van der Waals surface area (Å²) in [7, 11) is 0. The van der Waals surface area contributed by atoms with Crippen molar-refractivity contribution in [1.82, 2.24) is 0 Å². The molecule has 3 rings (SSSR count). The Balaban J connectivity index is 1.94. The molecule has 21 heavy (non-hydrogen) atoms. The third-order valence-corrected chi connectivity index (χ3v) is 3.63. The highest BCUT2D eigenvalue weighted by Crippen LogP contribution is 2.34. The summed E-state index contributed by atoms with van der Waals surface area (Å²) < 4.78 is 0. The summed E-state index contributed by atoms with van der Waals surface area (Å²) >= 11 is 0. The molecule has 1 atom stereocenters. The van der Waals surface area contributed by atoms with Crippen LogP contribution >= 0.6 is 0 Å². The smallest absolute Gasteiger partial charge is 0.128 e. The number of rotatable bonds is 3. The zero-order valence-electron chi connectivity index (χ0n) is 11.7. The monoisotopic (exact) mass is 279 g/mol. The molecule has 3 N–H and O–H groups in total. The van der Waals surface area contributed by atoms with Gasteiger partial charge in [0, 0.05) is 22.7 Å². The van der Waals surface area contributed by atoms with Crippen molar-refractivity contribution >= 4 is 16.5 Å². The molecule has 0 aliphatic heterocycles. The topological polar surface area (TPSA) is 52.5 Å². The molecule has 1 unspecified atom stereocenters. The maximum atomic E-state index is 10.5. The van der Waals surface area contributed by atoms with Gasteiger partial charge < -0.3 is 15.5 Å². The summed E-state index contributed by atoms with van der Waals surface area (Å²) in [6, 6.07) is 18.6. The van der Waals surface area contributed by atoms with Crippen LogP contribution in [0.3, 0.4) is 0 Å². The van der Waals surface area contributed by atoms with E-state index in [1.807, 2.05) is 49.4 Å². The van der Waals surface area contributed by atoms with E-state index in [0.29, 0.717) is 5.75 Å². The first kappa shape index (κ1) is 13.3. The van der Waals surface area contributed by atoms with Crippen LogP contribution in [0.25, 0.3) is 10.8 Å². The predicted octanol–water partition coefficient (Wildman–Crippen LogP) is 4.42. The van der Waals surface area contributed by atoms with Crippen LogP contribution in [-0.2, 0) is 0 Å². The minimum Gasteiger partial charge on any atom is -0.508 e. The Bertz CT molecular complexity index is 783. The largest absolute Gasteiger partial charge is 0.508 e. The Morgan fingerprint density at radius 3 is 2.52 bits per heavy atom. The normalized spacial score (nSPS) is 12.2. The van der Waals surface area contributed by atoms with E-state index in [0.717, 1.165) is 22.0 Å². The molecule has 0 saturated heterocycles. The quantitative estimate of drug-likeness (QED) is 0.665. The summed E-state index contributed by atoms with van der Waals surface area (Å²) in [5.74, 6) is 0.517. The van der Waals surface area contributed by atoms with E-state index in [1.165, 1.54) is 0 Å². The summed E-state index contributed by atoms with van der Waals surface area (Å²) in [4.78, 5) is 0. The van der Waals surface area contributed by atoms with Gasteiger partial charge in [-0.05, 0) is 24.4 Å². The van der Waals surface area contributed by atoms with Gasteiger partial charge in [-0.1, -0.05) is 42.5 Å². The van der Waals surface area contributed by atoms with E-state index in [-0.39, 0.29) is 11.8 Å². The van der Waals surface area contributed by atoms with Crippen molar-refractivity contribution in [2.45, 2.75) is 13.0 Å². The average Bonchev–Trinajstić information content (AvgIpc) is 2.48. The van der Waals surface area contributed by atoms with E-state index >= 15 is 0 Å². The van der Waals surface area contributed by atoms with Crippen molar-refractivity contribution in [3.63, 3.8) is 0 Å². The van der Waals surface area contributed by atoms with Gasteiger partial charge >= 0.3 is 0 Å². The lowest BCUT2D eigenvalue weighted by Gasteiger charge is -2.18. The maximum absolute atomic E-state index is 10.5. The van der Waals surface area contributed by atoms with E-state index < -0.39 is 0 Å². The molecular formula is C18H17NO2. The Morgan fingerprint density at radius 2 is 1.71 bits per heavy atom. The Hall–Kier alpha value is -2.68. The van der Waals surface area contributed by atoms with Crippen LogP contribution in [0.4, 0.5) is 5.69 Å². The zero-order valence-corrected chi connectivity index (χ0v) is 11.7. The fraction of sp³-hybridized carbons (Fsp3) is 0.111. The Kier molecular flexibility index (Phi) is 3.40. The molecule has 0 amide bonds. The molecule has 0 radical (unpaired) electrons. The summed E-state index contributed by atoms with van der Waals surface area (Å²) in [5.41, 5.74) is 1.65. The number of phenolic OH excluding ortho intramolecular Hbond substituents is 2. The van der Waals surface area contributed by atoms with Gasteiger partial charge in [0.05, 0.1) is 6.04 Å². The van der Waals surface area contributed by atoms with Crippen LogP contribution in [0.2, 0.25) is 0 Å². The number of hydrogen-bond acceptors (Lipinski definition) is 3. The number of fused-ring (bicyclic) bond motifs is 1. The summed E-state index contributed by atoms with van der Waals surface area (Å²) in [6.07, 6.45) is 0. The molecule has 0 spiro atoms. The number of benzene rings is 3. The fourth-order valence-electron chi connectivity index (χ4n) is 2.54. The number of anilines is 1. The predicted molar refractivity (Wildman–Crippen MR) is 85.8 cm³/mol. The molecule has 0 aromatic heterocycles. The van der Waals surface area contributed by atoms with Gasteiger partial charge in [-0.2, -0.15) is 0 Å². The molecule has 0 aliphatic carbocycles. The van der Waals surface area contributed by atoms with Gasteiger partial charge in [0.2, 0.25) is 0 Å². The first-order chi connectivity index (χ1) is 10.1. The van der Waals surface area contributed by atoms with Crippen LogP contribution < -0.4 is 5.32 Å². The lowest BCUT2D eigenvalue weighted by atomic mass is 10.0. The van der Waals surface area contributed by atoms with E-state index in [9.17, 15) is 10.2 Å². The van der Waals surface area contributed by atoms with Crippen LogP contribution in [0.1, 0.15) is 18.5 Å². The van der Waals surface area contributed by atoms with Crippen molar-refractivity contribution in [1.29, 1.82) is 0 Å². The number of hydrogen-bond donors (Lipinski definition) is 3. The van der Waals surface area contributed by atoms with Crippen LogP contribution in [0.5, 0.6) is 11.5 Å². The third kappa shape index (κ3) is 2.63. The van der Waals surface area contributed by atoms with Gasteiger partial charge in [0.15, 0.2) is 0 Å². The number of aromatic hydroxyl groups is 2. The van der Waals surface area contributed by atoms with E-state index in [4.69, 9.17) is 0 Å². The SMILES string of the molecule is CC(Nc1cccc(O)c1)c1ccc2ccccc2c1O. The van der Waals surface area contributed by atoms with Gasteiger partial charge in [-0.15, -0.1) is 0 Å². The molecular weight excluding hydrogens is 262 g/mol. The number of nitrogens with one attached hydrogen (secondary N) is 1. The molecule has 0 fully saturated rings. The highest BCUT2D eigenvalue weighted by molar-refractivity contribution is 5.89. The van der Waals surface area contributed by atoms with Gasteiger partial charge in [0.25, 0.3) is 0 Å². The fourth-order valence-corrected chi connectivity index (χ4v) is 2.54. The highest BCUT2D eigenvalue weighted by atomic mass is 16.3. The third-order valence-electron chi connectivity index (χ3n) is 3.63. The standard InChI is InChI=1S/C18H17NO2/c1-12(19-14-6-4-7-15(20)11-14)16-10-9-13-5-2-3-8-17(13)18(16)21/h2-12,19-21H,1H3. The van der Waals surface area contributed by atoms with Crippen LogP contribution in [0.15, 0.2) is 60.7 Å². The van der Waals surface area contributed by atoms with Gasteiger partial charge in [-0.3, -0.25) is 0 Å². The molecule has 3 aromatic carbocycles. The summed E-state index contributed by atoms with van der Waals surface area (Å²) in [6.45, 7) is 1.98. The molecule has 0 saturated carbocycles. The van der Waals surface area contributed by atoms with E-state index in [2.05, 4.69) is 5.32 Å². The molecule has 0 aliphatic rings. The molecule has 106 valence electrons. The van der Waals surface area contributed by atoms with Crippen molar-refractivity contribution < 1.29 is 10.2 Å². The Morgan fingerprint density at radius 1 is 0.905 bits per heavy atom. The molecule has 3 aromatic rings. The molecule has 0 bridgehead atoms. The number of phenols is 2. The summed E-state index contributed by atoms with van der Waals surface area (Å²) in [5, 5.41) is 25.1. The second-order valence-corrected chi connectivity index (χ2v) is 5.14. The van der Waals surface area contributed by atoms with E-state index in [1.54, 1.807) is 18.2 Å². The second-order valence-electron chi connectivity index (χ2n) is 5.14. The first-order valence-corrected chi connectivity index (χ1v) is 6.91. The average molecular weight is 279 g/mol. The Labute approximate surface area is 123 Å². The van der Waals surface area contributed by atoms with Gasteiger partial charge in [0.1, 0.15) is 11.5 Å². The van der Waals surface area contributed by atoms with Crippen molar-refractivity contribution in [2.24, 2.45) is 0 Å². The van der Waals surface area contributed by atoms with Crippen LogP contribution in [0, 0.1) is 0 Å². The lowest BCUT2D eigenvalue weighted by molar-refractivity contribution is 0.471. The highest BCUT2D eigenvalue weighted by Gasteiger charge is 2.12. The van der Waals surface area contributed by atoms with Crippen molar-refractivity contribution in [2.75, 3.05) is 5.32 Å². The maximum Gasteiger partial charge on any atom is 0.128 e. The lowest BCUT2D eigenvalue weighted by Crippen LogP contribution is -2.06. The van der Waals surface area contributed by atoms with Crippen molar-refractivity contribution in [3.8, 4) is 11.5 Å². The van der Waals surface area contributed by atoms with Gasteiger partial charge in [-0.25, -0.2) is 0 Å². The first-order valence-electron chi connectivity index (χ1n) is 6.91. The molecule has 3 nitrogen and oxygen atoms in total. The molecule has 3 heteroatoms. The zero-order chi connectivity index (χ0) is 14.8. The van der Waals surface area contributed by atoms with Crippen molar-refractivity contribution in [3.05, 3.63) is 66.2 Å². The minimum atomic E-state index is -0.0728.